The van der Waals surface area contributed by atoms with E-state index in [1.165, 1.54) is 0 Å². The standard InChI is InChI=1S/C10H7F3O3/c1-3-5(10(15)16)8(12)6(4(2)14)9(13)7(3)11/h1-2H3,(H,15,16). The van der Waals surface area contributed by atoms with E-state index in [0.717, 1.165) is 13.8 Å². The molecule has 1 N–H and O–H groups in total. The number of rotatable bonds is 2. The van der Waals surface area contributed by atoms with Crippen LogP contribution >= 0.6 is 0 Å². The molecule has 0 aliphatic carbocycles. The third-order valence-electron chi connectivity index (χ3n) is 2.12. The lowest BCUT2D eigenvalue weighted by atomic mass is 10.0. The number of carboxylic acids is 1. The van der Waals surface area contributed by atoms with Crippen LogP contribution in [0.3, 0.4) is 0 Å². The fourth-order valence-electron chi connectivity index (χ4n) is 1.33. The zero-order valence-corrected chi connectivity index (χ0v) is 8.40. The molecule has 0 amide bonds. The number of carbonyl (C=O) groups is 2. The van der Waals surface area contributed by atoms with Crippen molar-refractivity contribution in [2.75, 3.05) is 0 Å². The number of ketones is 1. The summed E-state index contributed by atoms with van der Waals surface area (Å²) in [4.78, 5) is 21.5. The summed E-state index contributed by atoms with van der Waals surface area (Å²) >= 11 is 0. The summed E-state index contributed by atoms with van der Waals surface area (Å²) in [6.45, 7) is 1.75. The Morgan fingerprint density at radius 1 is 1.00 bits per heavy atom. The minimum atomic E-state index is -1.75. The molecule has 0 spiro atoms. The SMILES string of the molecule is CC(=O)c1c(F)c(F)c(C)c(C(=O)O)c1F. The highest BCUT2D eigenvalue weighted by Crippen LogP contribution is 2.25. The van der Waals surface area contributed by atoms with E-state index in [2.05, 4.69) is 0 Å². The summed E-state index contributed by atoms with van der Waals surface area (Å²) in [5, 5.41) is 8.63. The fourth-order valence-corrected chi connectivity index (χ4v) is 1.33. The van der Waals surface area contributed by atoms with Gasteiger partial charge in [0.1, 0.15) is 5.56 Å². The summed E-state index contributed by atoms with van der Waals surface area (Å²) in [6, 6.07) is 0. The lowest BCUT2D eigenvalue weighted by Crippen LogP contribution is -2.14. The van der Waals surface area contributed by atoms with E-state index in [4.69, 9.17) is 5.11 Å². The molecule has 3 nitrogen and oxygen atoms in total. The van der Waals surface area contributed by atoms with E-state index in [9.17, 15) is 22.8 Å². The smallest absolute Gasteiger partial charge is 0.339 e. The zero-order chi connectivity index (χ0) is 12.6. The highest BCUT2D eigenvalue weighted by atomic mass is 19.2. The molecular formula is C10H7F3O3. The van der Waals surface area contributed by atoms with Crippen molar-refractivity contribution in [3.8, 4) is 0 Å². The van der Waals surface area contributed by atoms with Gasteiger partial charge in [-0.15, -0.1) is 0 Å². The molecule has 6 heteroatoms. The van der Waals surface area contributed by atoms with Crippen LogP contribution in [0.25, 0.3) is 0 Å². The molecule has 1 rings (SSSR count). The minimum absolute atomic E-state index is 0.674. The van der Waals surface area contributed by atoms with Gasteiger partial charge >= 0.3 is 5.97 Å². The molecule has 0 unspecified atom stereocenters. The van der Waals surface area contributed by atoms with Crippen LogP contribution in [0.15, 0.2) is 0 Å². The second-order valence-corrected chi connectivity index (χ2v) is 3.18. The number of hydrogen-bond acceptors (Lipinski definition) is 2. The van der Waals surface area contributed by atoms with Gasteiger partial charge in [-0.05, 0) is 13.8 Å². The highest BCUT2D eigenvalue weighted by Gasteiger charge is 2.28. The first-order valence-electron chi connectivity index (χ1n) is 4.20. The van der Waals surface area contributed by atoms with Crippen LogP contribution in [0, 0.1) is 24.4 Å². The van der Waals surface area contributed by atoms with Gasteiger partial charge in [0, 0.05) is 5.56 Å². The molecule has 0 atom stereocenters. The van der Waals surface area contributed by atoms with Crippen molar-refractivity contribution >= 4 is 11.8 Å². The molecule has 16 heavy (non-hydrogen) atoms. The summed E-state index contributed by atoms with van der Waals surface area (Å²) in [5.41, 5.74) is -2.86. The van der Waals surface area contributed by atoms with Gasteiger partial charge in [0.25, 0.3) is 0 Å². The molecule has 0 saturated heterocycles. The Labute approximate surface area is 88.5 Å². The van der Waals surface area contributed by atoms with Crippen molar-refractivity contribution in [3.63, 3.8) is 0 Å². The molecule has 0 bridgehead atoms. The number of hydrogen-bond donors (Lipinski definition) is 1. The van der Waals surface area contributed by atoms with Crippen molar-refractivity contribution < 1.29 is 27.9 Å². The first-order valence-corrected chi connectivity index (χ1v) is 4.20. The van der Waals surface area contributed by atoms with E-state index in [1.807, 2.05) is 0 Å². The van der Waals surface area contributed by atoms with Crippen LogP contribution in [0.1, 0.15) is 33.2 Å². The van der Waals surface area contributed by atoms with Gasteiger partial charge in [-0.25, -0.2) is 18.0 Å². The maximum atomic E-state index is 13.5. The van der Waals surface area contributed by atoms with E-state index in [1.54, 1.807) is 0 Å². The Hall–Kier alpha value is -1.85. The normalized spacial score (nSPS) is 10.3. The Kier molecular flexibility index (Phi) is 3.02. The largest absolute Gasteiger partial charge is 0.478 e. The average Bonchev–Trinajstić information content (AvgIpc) is 2.13. The minimum Gasteiger partial charge on any atom is -0.478 e. The summed E-state index contributed by atoms with van der Waals surface area (Å²) in [7, 11) is 0. The average molecular weight is 232 g/mol. The maximum Gasteiger partial charge on any atom is 0.339 e. The van der Waals surface area contributed by atoms with Crippen molar-refractivity contribution in [3.05, 3.63) is 34.1 Å². The van der Waals surface area contributed by atoms with E-state index in [-0.39, 0.29) is 0 Å². The number of halogens is 3. The zero-order valence-electron chi connectivity index (χ0n) is 8.40. The van der Waals surface area contributed by atoms with Crippen molar-refractivity contribution in [2.24, 2.45) is 0 Å². The second-order valence-electron chi connectivity index (χ2n) is 3.18. The first-order chi connectivity index (χ1) is 7.29. The Balaban J connectivity index is 3.80. The lowest BCUT2D eigenvalue weighted by Gasteiger charge is -2.09. The van der Waals surface area contributed by atoms with Crippen molar-refractivity contribution in [2.45, 2.75) is 13.8 Å². The molecule has 0 aliphatic heterocycles. The number of carbonyl (C=O) groups excluding carboxylic acids is 1. The number of Topliss-reactive ketones (excluding diaryl/α,β-unsaturated/α-hetero) is 1. The molecule has 0 heterocycles. The van der Waals surface area contributed by atoms with Gasteiger partial charge in [0.05, 0.1) is 5.56 Å². The Bertz CT molecular complexity index is 454. The van der Waals surface area contributed by atoms with Gasteiger partial charge in [-0.3, -0.25) is 4.79 Å². The highest BCUT2D eigenvalue weighted by molar-refractivity contribution is 5.98. The van der Waals surface area contributed by atoms with Gasteiger partial charge in [0.2, 0.25) is 0 Å². The van der Waals surface area contributed by atoms with E-state index in [0.29, 0.717) is 0 Å². The van der Waals surface area contributed by atoms with E-state index >= 15 is 0 Å². The fraction of sp³-hybridized carbons (Fsp3) is 0.200. The molecule has 0 saturated carbocycles. The summed E-state index contributed by atoms with van der Waals surface area (Å²) in [6.07, 6.45) is 0. The Morgan fingerprint density at radius 2 is 1.50 bits per heavy atom. The quantitative estimate of drug-likeness (QED) is 0.628. The second kappa shape index (κ2) is 3.96. The predicted octanol–water partition coefficient (Wildman–Crippen LogP) is 2.31. The maximum absolute atomic E-state index is 13.5. The van der Waals surface area contributed by atoms with Crippen LogP contribution in [-0.2, 0) is 0 Å². The van der Waals surface area contributed by atoms with Crippen LogP contribution in [0.5, 0.6) is 0 Å². The van der Waals surface area contributed by atoms with E-state index < -0.39 is 45.9 Å². The molecule has 0 aliphatic rings. The molecule has 0 fully saturated rings. The van der Waals surface area contributed by atoms with Gasteiger partial charge in [0.15, 0.2) is 23.2 Å². The molecule has 86 valence electrons. The van der Waals surface area contributed by atoms with Crippen LogP contribution < -0.4 is 0 Å². The van der Waals surface area contributed by atoms with Crippen LogP contribution in [-0.4, -0.2) is 16.9 Å². The van der Waals surface area contributed by atoms with Crippen LogP contribution in [0.2, 0.25) is 0 Å². The number of aromatic carboxylic acids is 1. The molecular weight excluding hydrogens is 225 g/mol. The van der Waals surface area contributed by atoms with Crippen LogP contribution in [0.4, 0.5) is 13.2 Å². The third-order valence-corrected chi connectivity index (χ3v) is 2.12. The van der Waals surface area contributed by atoms with Crippen molar-refractivity contribution in [1.82, 2.24) is 0 Å². The Morgan fingerprint density at radius 3 is 1.88 bits per heavy atom. The third kappa shape index (κ3) is 1.66. The molecule has 1 aromatic carbocycles. The summed E-state index contributed by atoms with van der Waals surface area (Å²) in [5.74, 6) is -7.55. The van der Waals surface area contributed by atoms with Gasteiger partial charge in [-0.2, -0.15) is 0 Å². The van der Waals surface area contributed by atoms with Crippen molar-refractivity contribution in [1.29, 1.82) is 0 Å². The number of carboxylic acid groups (broad SMARTS) is 1. The number of benzene rings is 1. The molecule has 0 radical (unpaired) electrons. The lowest BCUT2D eigenvalue weighted by molar-refractivity contribution is 0.0690. The summed E-state index contributed by atoms with van der Waals surface area (Å²) < 4.78 is 39.9. The topological polar surface area (TPSA) is 54.4 Å². The monoisotopic (exact) mass is 232 g/mol. The molecule has 1 aromatic rings. The van der Waals surface area contributed by atoms with Gasteiger partial charge < -0.3 is 5.11 Å². The predicted molar refractivity (Wildman–Crippen MR) is 48.0 cm³/mol. The van der Waals surface area contributed by atoms with Gasteiger partial charge in [-0.1, -0.05) is 0 Å². The molecule has 0 aromatic heterocycles. The first kappa shape index (κ1) is 12.2.